The van der Waals surface area contributed by atoms with Crippen molar-refractivity contribution in [2.24, 2.45) is 0 Å². The third-order valence-corrected chi connectivity index (χ3v) is 3.82. The number of halogens is 1. The van der Waals surface area contributed by atoms with Crippen LogP contribution in [0.15, 0.2) is 36.7 Å². The number of aryl methyl sites for hydroxylation is 1. The van der Waals surface area contributed by atoms with E-state index in [0.717, 1.165) is 0 Å². The van der Waals surface area contributed by atoms with Crippen LogP contribution in [-0.4, -0.2) is 47.1 Å². The van der Waals surface area contributed by atoms with Crippen LogP contribution in [0.25, 0.3) is 0 Å². The standard InChI is InChI=1S/C16H18FN5O/c1-12-3-4-13(11-14(12)17)20-16(23)22-9-7-21(8-10-22)15-18-5-2-6-19-15/h2-6,11H,7-10H2,1H3,(H,20,23). The summed E-state index contributed by atoms with van der Waals surface area (Å²) in [6.45, 7) is 4.15. The van der Waals surface area contributed by atoms with E-state index in [9.17, 15) is 9.18 Å². The maximum atomic E-state index is 13.5. The maximum absolute atomic E-state index is 13.5. The summed E-state index contributed by atoms with van der Waals surface area (Å²) in [5.74, 6) is 0.349. The van der Waals surface area contributed by atoms with Crippen molar-refractivity contribution in [2.75, 3.05) is 36.4 Å². The first-order valence-electron chi connectivity index (χ1n) is 7.47. The summed E-state index contributed by atoms with van der Waals surface area (Å²) in [5.41, 5.74) is 1.02. The molecule has 6 nitrogen and oxygen atoms in total. The van der Waals surface area contributed by atoms with Gasteiger partial charge in [-0.1, -0.05) is 6.07 Å². The van der Waals surface area contributed by atoms with E-state index in [4.69, 9.17) is 0 Å². The molecule has 0 radical (unpaired) electrons. The first-order chi connectivity index (χ1) is 11.1. The third-order valence-electron chi connectivity index (χ3n) is 3.82. The van der Waals surface area contributed by atoms with Gasteiger partial charge < -0.3 is 15.1 Å². The maximum Gasteiger partial charge on any atom is 0.321 e. The van der Waals surface area contributed by atoms with Crippen molar-refractivity contribution in [3.8, 4) is 0 Å². The quantitative estimate of drug-likeness (QED) is 0.923. The number of hydrogen-bond donors (Lipinski definition) is 1. The highest BCUT2D eigenvalue weighted by Crippen LogP contribution is 2.15. The third kappa shape index (κ3) is 3.56. The first-order valence-corrected chi connectivity index (χ1v) is 7.47. The SMILES string of the molecule is Cc1ccc(NC(=O)N2CCN(c3ncccn3)CC2)cc1F. The second kappa shape index (κ2) is 6.60. The zero-order valence-corrected chi connectivity index (χ0v) is 12.9. The van der Waals surface area contributed by atoms with E-state index in [1.54, 1.807) is 42.4 Å². The fraction of sp³-hybridized carbons (Fsp3) is 0.312. The zero-order valence-electron chi connectivity index (χ0n) is 12.9. The summed E-state index contributed by atoms with van der Waals surface area (Å²) in [7, 11) is 0. The van der Waals surface area contributed by atoms with E-state index >= 15 is 0 Å². The van der Waals surface area contributed by atoms with Crippen molar-refractivity contribution in [2.45, 2.75) is 6.92 Å². The van der Waals surface area contributed by atoms with Crippen molar-refractivity contribution in [1.29, 1.82) is 0 Å². The highest BCUT2D eigenvalue weighted by molar-refractivity contribution is 5.89. The summed E-state index contributed by atoms with van der Waals surface area (Å²) in [6, 6.07) is 6.23. The number of rotatable bonds is 2. The number of amides is 2. The highest BCUT2D eigenvalue weighted by Gasteiger charge is 2.22. The number of carbonyl (C=O) groups is 1. The molecule has 1 fully saturated rings. The number of aromatic nitrogens is 2. The lowest BCUT2D eigenvalue weighted by Gasteiger charge is -2.34. The Labute approximate surface area is 134 Å². The van der Waals surface area contributed by atoms with Gasteiger partial charge in [0.25, 0.3) is 0 Å². The smallest absolute Gasteiger partial charge is 0.321 e. The molecule has 1 aliphatic heterocycles. The van der Waals surface area contributed by atoms with Crippen LogP contribution in [0.1, 0.15) is 5.56 Å². The average molecular weight is 315 g/mol. The van der Waals surface area contributed by atoms with Crippen LogP contribution in [0.5, 0.6) is 0 Å². The Morgan fingerprint density at radius 1 is 1.17 bits per heavy atom. The fourth-order valence-electron chi connectivity index (χ4n) is 2.44. The van der Waals surface area contributed by atoms with Crippen LogP contribution >= 0.6 is 0 Å². The van der Waals surface area contributed by atoms with Gasteiger partial charge in [0.2, 0.25) is 5.95 Å². The number of piperazine rings is 1. The van der Waals surface area contributed by atoms with Gasteiger partial charge in [0.05, 0.1) is 0 Å². The lowest BCUT2D eigenvalue weighted by Crippen LogP contribution is -2.50. The molecule has 3 rings (SSSR count). The minimum absolute atomic E-state index is 0.220. The number of anilines is 2. The molecule has 0 aliphatic carbocycles. The van der Waals surface area contributed by atoms with Gasteiger partial charge in [-0.25, -0.2) is 19.2 Å². The second-order valence-corrected chi connectivity index (χ2v) is 5.42. The monoisotopic (exact) mass is 315 g/mol. The second-order valence-electron chi connectivity index (χ2n) is 5.42. The molecule has 1 aromatic heterocycles. The fourth-order valence-corrected chi connectivity index (χ4v) is 2.44. The Hall–Kier alpha value is -2.70. The molecule has 2 aromatic rings. The molecule has 1 N–H and O–H groups in total. The number of benzene rings is 1. The molecule has 0 saturated carbocycles. The Morgan fingerprint density at radius 3 is 2.52 bits per heavy atom. The van der Waals surface area contributed by atoms with E-state index in [2.05, 4.69) is 15.3 Å². The van der Waals surface area contributed by atoms with Gasteiger partial charge >= 0.3 is 6.03 Å². The Bertz CT molecular complexity index is 686. The minimum atomic E-state index is -0.325. The highest BCUT2D eigenvalue weighted by atomic mass is 19.1. The molecular weight excluding hydrogens is 297 g/mol. The molecule has 23 heavy (non-hydrogen) atoms. The average Bonchev–Trinajstić information content (AvgIpc) is 2.59. The predicted molar refractivity (Wildman–Crippen MR) is 86.0 cm³/mol. The zero-order chi connectivity index (χ0) is 16.2. The van der Waals surface area contributed by atoms with Crippen LogP contribution in [-0.2, 0) is 0 Å². The molecule has 0 unspecified atom stereocenters. The number of nitrogens with one attached hydrogen (secondary N) is 1. The molecule has 0 spiro atoms. The van der Waals surface area contributed by atoms with Crippen LogP contribution in [0.2, 0.25) is 0 Å². The number of urea groups is 1. The van der Waals surface area contributed by atoms with Crippen molar-refractivity contribution in [1.82, 2.24) is 14.9 Å². The normalized spacial score (nSPS) is 14.7. The van der Waals surface area contributed by atoms with Gasteiger partial charge in [0.15, 0.2) is 0 Å². The number of nitrogens with zero attached hydrogens (tertiary/aromatic N) is 4. The van der Waals surface area contributed by atoms with E-state index in [1.807, 2.05) is 4.90 Å². The van der Waals surface area contributed by atoms with Crippen molar-refractivity contribution in [3.63, 3.8) is 0 Å². The topological polar surface area (TPSA) is 61.4 Å². The van der Waals surface area contributed by atoms with Crippen LogP contribution in [0.4, 0.5) is 20.8 Å². The Morgan fingerprint density at radius 2 is 1.87 bits per heavy atom. The van der Waals surface area contributed by atoms with Gasteiger partial charge in [0, 0.05) is 44.3 Å². The van der Waals surface area contributed by atoms with Crippen molar-refractivity contribution in [3.05, 3.63) is 48.0 Å². The Kier molecular flexibility index (Phi) is 4.36. The minimum Gasteiger partial charge on any atom is -0.337 e. The lowest BCUT2D eigenvalue weighted by atomic mass is 10.2. The summed E-state index contributed by atoms with van der Waals surface area (Å²) >= 11 is 0. The molecule has 1 aliphatic rings. The predicted octanol–water partition coefficient (Wildman–Crippen LogP) is 2.28. The first kappa shape index (κ1) is 15.2. The molecule has 1 saturated heterocycles. The van der Waals surface area contributed by atoms with Crippen molar-refractivity contribution >= 4 is 17.7 Å². The van der Waals surface area contributed by atoms with E-state index in [1.165, 1.54) is 6.07 Å². The van der Waals surface area contributed by atoms with Gasteiger partial charge in [-0.15, -0.1) is 0 Å². The van der Waals surface area contributed by atoms with Crippen molar-refractivity contribution < 1.29 is 9.18 Å². The van der Waals surface area contributed by atoms with Crippen LogP contribution < -0.4 is 10.2 Å². The van der Waals surface area contributed by atoms with Gasteiger partial charge in [-0.05, 0) is 30.7 Å². The molecule has 1 aromatic carbocycles. The molecule has 120 valence electrons. The molecule has 0 bridgehead atoms. The molecule has 0 atom stereocenters. The van der Waals surface area contributed by atoms with Gasteiger partial charge in [-0.3, -0.25) is 0 Å². The lowest BCUT2D eigenvalue weighted by molar-refractivity contribution is 0.208. The molecule has 7 heteroatoms. The van der Waals surface area contributed by atoms with E-state index in [0.29, 0.717) is 43.4 Å². The molecular formula is C16H18FN5O. The number of carbonyl (C=O) groups excluding carboxylic acids is 1. The molecule has 2 amide bonds. The van der Waals surface area contributed by atoms with Gasteiger partial charge in [0.1, 0.15) is 5.82 Å². The summed E-state index contributed by atoms with van der Waals surface area (Å²) in [5, 5.41) is 2.73. The van der Waals surface area contributed by atoms with E-state index in [-0.39, 0.29) is 11.8 Å². The molecule has 2 heterocycles. The summed E-state index contributed by atoms with van der Waals surface area (Å²) in [6.07, 6.45) is 3.40. The summed E-state index contributed by atoms with van der Waals surface area (Å²) in [4.78, 5) is 24.4. The van der Waals surface area contributed by atoms with Crippen LogP contribution in [0.3, 0.4) is 0 Å². The van der Waals surface area contributed by atoms with Crippen LogP contribution in [0, 0.1) is 12.7 Å². The Balaban J connectivity index is 1.57. The number of hydrogen-bond acceptors (Lipinski definition) is 4. The van der Waals surface area contributed by atoms with Gasteiger partial charge in [-0.2, -0.15) is 0 Å². The largest absolute Gasteiger partial charge is 0.337 e. The summed E-state index contributed by atoms with van der Waals surface area (Å²) < 4.78 is 13.5. The van der Waals surface area contributed by atoms with E-state index < -0.39 is 0 Å².